The van der Waals surface area contributed by atoms with E-state index in [0.29, 0.717) is 37.7 Å². The summed E-state index contributed by atoms with van der Waals surface area (Å²) < 4.78 is 11.4. The Labute approximate surface area is 225 Å². The van der Waals surface area contributed by atoms with Crippen LogP contribution in [0.25, 0.3) is 11.3 Å². The van der Waals surface area contributed by atoms with Gasteiger partial charge in [0.05, 0.1) is 25.4 Å². The fourth-order valence-electron chi connectivity index (χ4n) is 5.36. The first-order chi connectivity index (χ1) is 18.4. The molecule has 2 aromatic carbocycles. The van der Waals surface area contributed by atoms with Crippen molar-refractivity contribution < 1.29 is 13.9 Å². The molecule has 0 bridgehead atoms. The first kappa shape index (κ1) is 25.7. The molecule has 8 heteroatoms. The van der Waals surface area contributed by atoms with Gasteiger partial charge in [0.2, 0.25) is 5.91 Å². The number of aromatic nitrogens is 1. The standard InChI is InChI=1S/C30H37N5O3/c1-22-7-5-6-8-27(22)34-16-13-32(14-17-34)23(2)21-35-18-15-33(12-11-30(35)36)25-9-10-26(28(19-25)37-4)29-20-31-24(3)38-29/h5-10,19-20H,2,11-18,21H2,1,3-4H3. The summed E-state index contributed by atoms with van der Waals surface area (Å²) in [5.74, 6) is 2.20. The average Bonchev–Trinajstić information content (AvgIpc) is 3.29. The maximum atomic E-state index is 13.0. The van der Waals surface area contributed by atoms with Crippen LogP contribution in [-0.2, 0) is 4.79 Å². The van der Waals surface area contributed by atoms with Crippen LogP contribution in [0.5, 0.6) is 5.75 Å². The van der Waals surface area contributed by atoms with Crippen molar-refractivity contribution in [1.82, 2.24) is 14.8 Å². The molecule has 1 amide bonds. The van der Waals surface area contributed by atoms with Gasteiger partial charge < -0.3 is 28.8 Å². The van der Waals surface area contributed by atoms with Gasteiger partial charge >= 0.3 is 0 Å². The molecular formula is C30H37N5O3. The van der Waals surface area contributed by atoms with Crippen molar-refractivity contribution >= 4 is 17.3 Å². The monoisotopic (exact) mass is 515 g/mol. The van der Waals surface area contributed by atoms with Gasteiger partial charge in [-0.2, -0.15) is 0 Å². The van der Waals surface area contributed by atoms with Crippen molar-refractivity contribution in [3.05, 3.63) is 72.4 Å². The Hall–Kier alpha value is -3.94. The van der Waals surface area contributed by atoms with Gasteiger partial charge in [0.25, 0.3) is 0 Å². The van der Waals surface area contributed by atoms with Crippen molar-refractivity contribution in [3.8, 4) is 17.1 Å². The Kier molecular flexibility index (Phi) is 7.58. The van der Waals surface area contributed by atoms with E-state index in [1.807, 2.05) is 24.0 Å². The van der Waals surface area contributed by atoms with Crippen LogP contribution in [0.3, 0.4) is 0 Å². The number of hydrogen-bond donors (Lipinski definition) is 0. The topological polar surface area (TPSA) is 65.3 Å². The predicted molar refractivity (Wildman–Crippen MR) is 151 cm³/mol. The highest BCUT2D eigenvalue weighted by Gasteiger charge is 2.25. The van der Waals surface area contributed by atoms with E-state index in [1.54, 1.807) is 13.3 Å². The molecule has 0 unspecified atom stereocenters. The summed E-state index contributed by atoms with van der Waals surface area (Å²) in [6.07, 6.45) is 2.19. The molecule has 2 fully saturated rings. The summed E-state index contributed by atoms with van der Waals surface area (Å²) in [6, 6.07) is 14.6. The third-order valence-corrected chi connectivity index (χ3v) is 7.58. The second kappa shape index (κ2) is 11.2. The predicted octanol–water partition coefficient (Wildman–Crippen LogP) is 4.34. The van der Waals surface area contributed by atoms with Crippen molar-refractivity contribution in [2.45, 2.75) is 20.3 Å². The van der Waals surface area contributed by atoms with E-state index in [4.69, 9.17) is 9.15 Å². The van der Waals surface area contributed by atoms with Crippen LogP contribution in [0, 0.1) is 13.8 Å². The molecule has 0 spiro atoms. The molecule has 200 valence electrons. The van der Waals surface area contributed by atoms with Crippen molar-refractivity contribution in [2.24, 2.45) is 0 Å². The minimum Gasteiger partial charge on any atom is -0.496 e. The molecule has 1 aromatic heterocycles. The molecule has 0 saturated carbocycles. The number of para-hydroxylation sites is 1. The number of ether oxygens (including phenoxy) is 1. The smallest absolute Gasteiger partial charge is 0.224 e. The number of aryl methyl sites for hydroxylation is 2. The quantitative estimate of drug-likeness (QED) is 0.464. The molecule has 2 saturated heterocycles. The minimum atomic E-state index is 0.174. The molecule has 0 N–H and O–H groups in total. The van der Waals surface area contributed by atoms with Crippen molar-refractivity contribution in [1.29, 1.82) is 0 Å². The fourth-order valence-corrected chi connectivity index (χ4v) is 5.36. The normalized spacial score (nSPS) is 16.6. The van der Waals surface area contributed by atoms with Crippen molar-refractivity contribution in [3.63, 3.8) is 0 Å². The number of carbonyl (C=O) groups excluding carboxylic acids is 1. The van der Waals surface area contributed by atoms with E-state index in [9.17, 15) is 4.79 Å². The first-order valence-electron chi connectivity index (χ1n) is 13.3. The maximum Gasteiger partial charge on any atom is 0.224 e. The highest BCUT2D eigenvalue weighted by molar-refractivity contribution is 5.78. The molecule has 38 heavy (non-hydrogen) atoms. The van der Waals surface area contributed by atoms with E-state index in [0.717, 1.165) is 55.4 Å². The summed E-state index contributed by atoms with van der Waals surface area (Å²) >= 11 is 0. The number of benzene rings is 2. The molecule has 0 atom stereocenters. The number of amides is 1. The Morgan fingerprint density at radius 1 is 1.00 bits per heavy atom. The van der Waals surface area contributed by atoms with E-state index in [-0.39, 0.29) is 5.91 Å². The lowest BCUT2D eigenvalue weighted by atomic mass is 10.1. The van der Waals surface area contributed by atoms with Crippen LogP contribution in [0.2, 0.25) is 0 Å². The Balaban J connectivity index is 1.18. The number of hydrogen-bond acceptors (Lipinski definition) is 7. The number of methoxy groups -OCH3 is 1. The van der Waals surface area contributed by atoms with Gasteiger partial charge in [0.1, 0.15) is 5.75 Å². The van der Waals surface area contributed by atoms with Gasteiger partial charge in [0.15, 0.2) is 11.7 Å². The molecule has 8 nitrogen and oxygen atoms in total. The molecule has 0 radical (unpaired) electrons. The summed E-state index contributed by atoms with van der Waals surface area (Å²) in [5.41, 5.74) is 5.52. The van der Waals surface area contributed by atoms with Crippen LogP contribution < -0.4 is 14.5 Å². The second-order valence-corrected chi connectivity index (χ2v) is 10.0. The van der Waals surface area contributed by atoms with Gasteiger partial charge in [0, 0.05) is 82.3 Å². The van der Waals surface area contributed by atoms with E-state index >= 15 is 0 Å². The highest BCUT2D eigenvalue weighted by atomic mass is 16.5. The Morgan fingerprint density at radius 3 is 2.47 bits per heavy atom. The Bertz CT molecular complexity index is 1290. The van der Waals surface area contributed by atoms with Crippen molar-refractivity contribution in [2.75, 3.05) is 69.3 Å². The van der Waals surface area contributed by atoms with Gasteiger partial charge in [-0.3, -0.25) is 4.79 Å². The summed E-state index contributed by atoms with van der Waals surface area (Å²) in [5, 5.41) is 0. The molecule has 3 heterocycles. The van der Waals surface area contributed by atoms with E-state index in [1.165, 1.54) is 11.3 Å². The SMILES string of the molecule is C=C(CN1CCN(c2ccc(-c3cnc(C)o3)c(OC)c2)CCC1=O)N1CCN(c2ccccc2C)CC1. The van der Waals surface area contributed by atoms with Gasteiger partial charge in [-0.15, -0.1) is 0 Å². The number of oxazole rings is 1. The number of carbonyl (C=O) groups is 1. The largest absolute Gasteiger partial charge is 0.496 e. The number of anilines is 2. The first-order valence-corrected chi connectivity index (χ1v) is 13.3. The van der Waals surface area contributed by atoms with Gasteiger partial charge in [-0.1, -0.05) is 24.8 Å². The number of nitrogens with zero attached hydrogens (tertiary/aromatic N) is 5. The highest BCUT2D eigenvalue weighted by Crippen LogP contribution is 2.34. The lowest BCUT2D eigenvalue weighted by molar-refractivity contribution is -0.130. The lowest BCUT2D eigenvalue weighted by Crippen LogP contribution is -2.48. The molecule has 0 aliphatic carbocycles. The van der Waals surface area contributed by atoms with Gasteiger partial charge in [-0.25, -0.2) is 4.98 Å². The lowest BCUT2D eigenvalue weighted by Gasteiger charge is -2.39. The van der Waals surface area contributed by atoms with Crippen LogP contribution in [0.4, 0.5) is 11.4 Å². The van der Waals surface area contributed by atoms with Crippen LogP contribution in [0.1, 0.15) is 17.9 Å². The van der Waals surface area contributed by atoms with Crippen LogP contribution in [-0.4, -0.2) is 80.2 Å². The van der Waals surface area contributed by atoms with Crippen LogP contribution >= 0.6 is 0 Å². The maximum absolute atomic E-state index is 13.0. The summed E-state index contributed by atoms with van der Waals surface area (Å²) in [4.78, 5) is 26.2. The van der Waals surface area contributed by atoms with Gasteiger partial charge in [-0.05, 0) is 30.7 Å². The Morgan fingerprint density at radius 2 is 1.76 bits per heavy atom. The zero-order valence-electron chi connectivity index (χ0n) is 22.7. The van der Waals surface area contributed by atoms with Crippen LogP contribution in [0.15, 0.2) is 65.4 Å². The minimum absolute atomic E-state index is 0.174. The summed E-state index contributed by atoms with van der Waals surface area (Å²) in [6.45, 7) is 14.7. The zero-order chi connectivity index (χ0) is 26.6. The van der Waals surface area contributed by atoms with E-state index < -0.39 is 0 Å². The molecule has 5 rings (SSSR count). The van der Waals surface area contributed by atoms with E-state index in [2.05, 4.69) is 63.5 Å². The molecule has 3 aromatic rings. The molecular weight excluding hydrogens is 478 g/mol. The fraction of sp³-hybridized carbons (Fsp3) is 0.400. The summed E-state index contributed by atoms with van der Waals surface area (Å²) in [7, 11) is 1.66. The number of piperazine rings is 1. The number of rotatable bonds is 7. The zero-order valence-corrected chi connectivity index (χ0v) is 22.7. The third-order valence-electron chi connectivity index (χ3n) is 7.58. The average molecular weight is 516 g/mol. The second-order valence-electron chi connectivity index (χ2n) is 10.0. The molecule has 2 aliphatic heterocycles. The molecule has 2 aliphatic rings. The third kappa shape index (κ3) is 5.49.